The Hall–Kier alpha value is -2.15. The maximum Gasteiger partial charge on any atom is 0.213 e. The van der Waals surface area contributed by atoms with E-state index in [1.807, 2.05) is 0 Å². The lowest BCUT2D eigenvalue weighted by Gasteiger charge is -2.10. The fourth-order valence-electron chi connectivity index (χ4n) is 3.18. The molecule has 0 unspecified atom stereocenters. The van der Waals surface area contributed by atoms with Gasteiger partial charge in [-0.15, -0.1) is 0 Å². The van der Waals surface area contributed by atoms with Crippen LogP contribution in [0.25, 0.3) is 22.2 Å². The highest BCUT2D eigenvalue weighted by atomic mass is 14.9. The van der Waals surface area contributed by atoms with Gasteiger partial charge in [0.15, 0.2) is 0 Å². The van der Waals surface area contributed by atoms with Gasteiger partial charge in [0.1, 0.15) is 7.05 Å². The average molecular weight is 262 g/mol. The summed E-state index contributed by atoms with van der Waals surface area (Å²) >= 11 is 0. The molecule has 1 heteroatoms. The van der Waals surface area contributed by atoms with Crippen LogP contribution in [0.4, 0.5) is 0 Å². The van der Waals surface area contributed by atoms with Crippen molar-refractivity contribution in [1.29, 1.82) is 0 Å². The van der Waals surface area contributed by atoms with Gasteiger partial charge in [-0.2, -0.15) is 4.57 Å². The second kappa shape index (κ2) is 4.75. The van der Waals surface area contributed by atoms with Gasteiger partial charge in [-0.1, -0.05) is 29.8 Å². The Morgan fingerprint density at radius 2 is 1.45 bits per heavy atom. The quantitative estimate of drug-likeness (QED) is 0.577. The van der Waals surface area contributed by atoms with Crippen molar-refractivity contribution in [3.63, 3.8) is 0 Å². The Morgan fingerprint density at radius 3 is 2.15 bits per heavy atom. The van der Waals surface area contributed by atoms with Gasteiger partial charge < -0.3 is 0 Å². The van der Waals surface area contributed by atoms with Crippen molar-refractivity contribution in [3.05, 3.63) is 65.2 Å². The smallest absolute Gasteiger partial charge is 0.194 e. The molecule has 0 bridgehead atoms. The number of hydrogen-bond donors (Lipinski definition) is 0. The van der Waals surface area contributed by atoms with Gasteiger partial charge in [0.05, 0.1) is 5.56 Å². The summed E-state index contributed by atoms with van der Waals surface area (Å²) in [6, 6.07) is 17.5. The van der Waals surface area contributed by atoms with Gasteiger partial charge in [0, 0.05) is 17.5 Å². The van der Waals surface area contributed by atoms with Crippen LogP contribution in [-0.4, -0.2) is 0 Å². The SMILES string of the molecule is Cc1cc(C)c(-c2ccc3ccccc3[n+]2C)c(C)c1. The highest BCUT2D eigenvalue weighted by Crippen LogP contribution is 2.27. The molecule has 1 nitrogen and oxygen atoms in total. The van der Waals surface area contributed by atoms with E-state index in [2.05, 4.69) is 80.9 Å². The van der Waals surface area contributed by atoms with Crippen LogP contribution in [0.5, 0.6) is 0 Å². The van der Waals surface area contributed by atoms with E-state index < -0.39 is 0 Å². The van der Waals surface area contributed by atoms with Gasteiger partial charge in [-0.3, -0.25) is 0 Å². The summed E-state index contributed by atoms with van der Waals surface area (Å²) in [5.41, 5.74) is 7.90. The van der Waals surface area contributed by atoms with Crippen LogP contribution < -0.4 is 4.57 Å². The molecular formula is C19H20N+. The molecule has 0 aliphatic rings. The molecule has 0 N–H and O–H groups in total. The van der Waals surface area contributed by atoms with Crippen molar-refractivity contribution in [1.82, 2.24) is 0 Å². The fraction of sp³-hybridized carbons (Fsp3) is 0.211. The van der Waals surface area contributed by atoms with Crippen LogP contribution in [-0.2, 0) is 7.05 Å². The molecule has 0 fully saturated rings. The molecule has 1 aromatic heterocycles. The van der Waals surface area contributed by atoms with E-state index in [-0.39, 0.29) is 0 Å². The third-order valence-electron chi connectivity index (χ3n) is 4.01. The average Bonchev–Trinajstić information content (AvgIpc) is 2.40. The second-order valence-electron chi connectivity index (χ2n) is 5.61. The fourth-order valence-corrected chi connectivity index (χ4v) is 3.18. The van der Waals surface area contributed by atoms with Gasteiger partial charge >= 0.3 is 0 Å². The zero-order valence-electron chi connectivity index (χ0n) is 12.6. The summed E-state index contributed by atoms with van der Waals surface area (Å²) in [6.45, 7) is 6.55. The number of aryl methyl sites for hydroxylation is 4. The Bertz CT molecular complexity index is 777. The molecule has 0 aliphatic heterocycles. The first-order valence-corrected chi connectivity index (χ1v) is 7.04. The molecular weight excluding hydrogens is 242 g/mol. The molecule has 1 heterocycles. The molecule has 0 amide bonds. The minimum Gasteiger partial charge on any atom is -0.194 e. The lowest BCUT2D eigenvalue weighted by atomic mass is 9.96. The van der Waals surface area contributed by atoms with Crippen molar-refractivity contribution < 1.29 is 4.57 Å². The Labute approximate surface area is 120 Å². The number of pyridine rings is 1. The van der Waals surface area contributed by atoms with Crippen LogP contribution in [0.2, 0.25) is 0 Å². The van der Waals surface area contributed by atoms with Crippen molar-refractivity contribution in [3.8, 4) is 11.3 Å². The number of aromatic nitrogens is 1. The summed E-state index contributed by atoms with van der Waals surface area (Å²) in [4.78, 5) is 0. The number of rotatable bonds is 1. The molecule has 2 aromatic carbocycles. The Kier molecular flexibility index (Phi) is 3.06. The Morgan fingerprint density at radius 1 is 0.800 bits per heavy atom. The highest BCUT2D eigenvalue weighted by molar-refractivity contribution is 5.78. The molecule has 3 rings (SSSR count). The minimum absolute atomic E-state index is 1.27. The van der Waals surface area contributed by atoms with E-state index in [1.54, 1.807) is 0 Å². The van der Waals surface area contributed by atoms with E-state index >= 15 is 0 Å². The zero-order chi connectivity index (χ0) is 14.3. The van der Waals surface area contributed by atoms with Crippen LogP contribution in [0.15, 0.2) is 48.5 Å². The van der Waals surface area contributed by atoms with E-state index in [9.17, 15) is 0 Å². The molecule has 100 valence electrons. The predicted octanol–water partition coefficient (Wildman–Crippen LogP) is 4.26. The first kappa shape index (κ1) is 12.9. The van der Waals surface area contributed by atoms with Crippen LogP contribution in [0.1, 0.15) is 16.7 Å². The van der Waals surface area contributed by atoms with Crippen LogP contribution >= 0.6 is 0 Å². The standard InChI is InChI=1S/C19H20N/c1-13-11-14(2)19(15(3)12-13)18-10-9-16-7-5-6-8-17(16)20(18)4/h5-12H,1-4H3/q+1. The number of nitrogens with zero attached hydrogens (tertiary/aromatic N) is 1. The predicted molar refractivity (Wildman–Crippen MR) is 84.8 cm³/mol. The summed E-state index contributed by atoms with van der Waals surface area (Å²) in [5.74, 6) is 0. The number of fused-ring (bicyclic) bond motifs is 1. The zero-order valence-corrected chi connectivity index (χ0v) is 12.6. The highest BCUT2D eigenvalue weighted by Gasteiger charge is 2.17. The summed E-state index contributed by atoms with van der Waals surface area (Å²) < 4.78 is 2.29. The molecule has 0 radical (unpaired) electrons. The van der Waals surface area contributed by atoms with Gasteiger partial charge in [-0.25, -0.2) is 0 Å². The van der Waals surface area contributed by atoms with Gasteiger partial charge in [0.25, 0.3) is 0 Å². The van der Waals surface area contributed by atoms with Crippen LogP contribution in [0, 0.1) is 20.8 Å². The van der Waals surface area contributed by atoms with E-state index in [0.29, 0.717) is 0 Å². The number of hydrogen-bond acceptors (Lipinski definition) is 0. The first-order valence-electron chi connectivity index (χ1n) is 7.04. The lowest BCUT2D eigenvalue weighted by molar-refractivity contribution is -0.633. The molecule has 0 atom stereocenters. The molecule has 20 heavy (non-hydrogen) atoms. The van der Waals surface area contributed by atoms with Crippen molar-refractivity contribution >= 4 is 10.9 Å². The minimum atomic E-state index is 1.27. The van der Waals surface area contributed by atoms with E-state index in [4.69, 9.17) is 0 Å². The van der Waals surface area contributed by atoms with Crippen LogP contribution in [0.3, 0.4) is 0 Å². The molecule has 3 aromatic rings. The third kappa shape index (κ3) is 2.00. The van der Waals surface area contributed by atoms with Gasteiger partial charge in [-0.05, 0) is 44.0 Å². The molecule has 0 saturated carbocycles. The third-order valence-corrected chi connectivity index (χ3v) is 4.01. The normalized spacial score (nSPS) is 11.0. The summed E-state index contributed by atoms with van der Waals surface area (Å²) in [7, 11) is 2.15. The van der Waals surface area contributed by atoms with Crippen molar-refractivity contribution in [2.45, 2.75) is 20.8 Å². The van der Waals surface area contributed by atoms with E-state index in [0.717, 1.165) is 0 Å². The maximum absolute atomic E-state index is 2.29. The number of benzene rings is 2. The first-order chi connectivity index (χ1) is 9.58. The van der Waals surface area contributed by atoms with E-state index in [1.165, 1.54) is 38.9 Å². The topological polar surface area (TPSA) is 3.88 Å². The van der Waals surface area contributed by atoms with Crippen molar-refractivity contribution in [2.75, 3.05) is 0 Å². The molecule has 0 aliphatic carbocycles. The summed E-state index contributed by atoms with van der Waals surface area (Å²) in [6.07, 6.45) is 0. The van der Waals surface area contributed by atoms with Crippen molar-refractivity contribution in [2.24, 2.45) is 7.05 Å². The monoisotopic (exact) mass is 262 g/mol. The largest absolute Gasteiger partial charge is 0.213 e. The maximum atomic E-state index is 2.29. The number of para-hydroxylation sites is 1. The second-order valence-corrected chi connectivity index (χ2v) is 5.61. The van der Waals surface area contributed by atoms with Gasteiger partial charge in [0.2, 0.25) is 11.2 Å². The molecule has 0 spiro atoms. The lowest BCUT2D eigenvalue weighted by Crippen LogP contribution is -2.32. The molecule has 0 saturated heterocycles. The summed E-state index contributed by atoms with van der Waals surface area (Å²) in [5, 5.41) is 1.28. The Balaban J connectivity index is 2.33.